The van der Waals surface area contributed by atoms with Crippen LogP contribution in [0.4, 0.5) is 0 Å². The lowest BCUT2D eigenvalue weighted by atomic mass is 9.89. The van der Waals surface area contributed by atoms with E-state index in [2.05, 4.69) is 29.4 Å². The highest BCUT2D eigenvalue weighted by Gasteiger charge is 2.26. The van der Waals surface area contributed by atoms with Gasteiger partial charge in [0.1, 0.15) is 17.3 Å². The third-order valence-corrected chi connectivity index (χ3v) is 4.68. The van der Waals surface area contributed by atoms with E-state index in [0.29, 0.717) is 5.92 Å². The van der Waals surface area contributed by atoms with Crippen LogP contribution in [0.1, 0.15) is 42.0 Å². The minimum Gasteiger partial charge on any atom is -0.457 e. The van der Waals surface area contributed by atoms with Crippen molar-refractivity contribution in [3.8, 4) is 11.5 Å². The van der Waals surface area contributed by atoms with Gasteiger partial charge in [-0.1, -0.05) is 31.2 Å². The maximum atomic E-state index is 6.50. The van der Waals surface area contributed by atoms with Gasteiger partial charge in [0.05, 0.1) is 12.6 Å². The summed E-state index contributed by atoms with van der Waals surface area (Å²) >= 11 is 0. The van der Waals surface area contributed by atoms with E-state index < -0.39 is 0 Å². The van der Waals surface area contributed by atoms with Crippen molar-refractivity contribution in [1.29, 1.82) is 0 Å². The predicted molar refractivity (Wildman–Crippen MR) is 92.3 cm³/mol. The molecule has 4 nitrogen and oxygen atoms in total. The first kappa shape index (κ1) is 14.3. The van der Waals surface area contributed by atoms with Gasteiger partial charge in [-0.2, -0.15) is 0 Å². The van der Waals surface area contributed by atoms with Gasteiger partial charge >= 0.3 is 0 Å². The standard InChI is InChI=1S/C19H21N3O/c1-2-13(19-21-9-10-22-19)12-7-8-17-15(11-12)18(20)14-5-3-4-6-16(14)23-17/h3-8,11,13,18H,2,9-10,20H2,1H3,(H,21,22). The van der Waals surface area contributed by atoms with Crippen molar-refractivity contribution in [2.24, 2.45) is 10.7 Å². The van der Waals surface area contributed by atoms with Crippen LogP contribution >= 0.6 is 0 Å². The molecule has 4 heteroatoms. The number of nitrogens with two attached hydrogens (primary N) is 1. The number of nitrogens with zero attached hydrogens (tertiary/aromatic N) is 1. The Kier molecular flexibility index (Phi) is 3.54. The van der Waals surface area contributed by atoms with E-state index in [4.69, 9.17) is 10.5 Å². The van der Waals surface area contributed by atoms with Gasteiger partial charge < -0.3 is 15.8 Å². The number of para-hydroxylation sites is 1. The lowest BCUT2D eigenvalue weighted by Gasteiger charge is -2.27. The molecular formula is C19H21N3O. The van der Waals surface area contributed by atoms with E-state index in [-0.39, 0.29) is 6.04 Å². The van der Waals surface area contributed by atoms with Crippen molar-refractivity contribution in [2.75, 3.05) is 13.1 Å². The number of aliphatic imine (C=N–C) groups is 1. The molecule has 23 heavy (non-hydrogen) atoms. The Balaban J connectivity index is 1.73. The summed E-state index contributed by atoms with van der Waals surface area (Å²) in [6.07, 6.45) is 1.01. The molecule has 3 N–H and O–H groups in total. The molecule has 0 saturated carbocycles. The lowest BCUT2D eigenvalue weighted by molar-refractivity contribution is 0.447. The topological polar surface area (TPSA) is 59.6 Å². The molecule has 0 aromatic heterocycles. The number of hydrogen-bond acceptors (Lipinski definition) is 4. The Bertz CT molecular complexity index is 769. The largest absolute Gasteiger partial charge is 0.457 e. The fourth-order valence-electron chi connectivity index (χ4n) is 3.47. The highest BCUT2D eigenvalue weighted by molar-refractivity contribution is 5.90. The second-order valence-electron chi connectivity index (χ2n) is 6.07. The Morgan fingerprint density at radius 2 is 2.04 bits per heavy atom. The van der Waals surface area contributed by atoms with Gasteiger partial charge in [-0.15, -0.1) is 0 Å². The van der Waals surface area contributed by atoms with Crippen LogP contribution in [0.3, 0.4) is 0 Å². The van der Waals surface area contributed by atoms with Crippen LogP contribution in [0, 0.1) is 0 Å². The molecule has 2 aliphatic heterocycles. The fraction of sp³-hybridized carbons (Fsp3) is 0.316. The molecule has 4 rings (SSSR count). The maximum Gasteiger partial charge on any atom is 0.132 e. The normalized spacial score (nSPS) is 19.9. The smallest absolute Gasteiger partial charge is 0.132 e. The molecule has 2 aromatic carbocycles. The van der Waals surface area contributed by atoms with E-state index in [1.807, 2.05) is 30.3 Å². The van der Waals surface area contributed by atoms with E-state index in [9.17, 15) is 0 Å². The summed E-state index contributed by atoms with van der Waals surface area (Å²) in [7, 11) is 0. The summed E-state index contributed by atoms with van der Waals surface area (Å²) in [6.45, 7) is 4.00. The second kappa shape index (κ2) is 5.70. The fourth-order valence-corrected chi connectivity index (χ4v) is 3.47. The molecule has 0 aliphatic carbocycles. The van der Waals surface area contributed by atoms with Crippen LogP contribution in [-0.4, -0.2) is 18.9 Å². The molecule has 0 saturated heterocycles. The first-order chi connectivity index (χ1) is 11.3. The number of benzene rings is 2. The number of amidine groups is 1. The highest BCUT2D eigenvalue weighted by Crippen LogP contribution is 2.42. The molecule has 118 valence electrons. The number of hydrogen-bond donors (Lipinski definition) is 2. The zero-order valence-corrected chi connectivity index (χ0v) is 13.3. The van der Waals surface area contributed by atoms with Gasteiger partial charge in [-0.05, 0) is 30.2 Å². The zero-order chi connectivity index (χ0) is 15.8. The lowest BCUT2D eigenvalue weighted by Crippen LogP contribution is -2.26. The molecule has 0 fully saturated rings. The van der Waals surface area contributed by atoms with Crippen molar-refractivity contribution < 1.29 is 4.74 Å². The molecule has 0 spiro atoms. The van der Waals surface area contributed by atoms with E-state index in [1.54, 1.807) is 0 Å². The van der Waals surface area contributed by atoms with Crippen LogP contribution in [-0.2, 0) is 0 Å². The third-order valence-electron chi connectivity index (χ3n) is 4.68. The minimum atomic E-state index is -0.147. The molecule has 2 atom stereocenters. The Morgan fingerprint density at radius 3 is 2.83 bits per heavy atom. The Morgan fingerprint density at radius 1 is 1.22 bits per heavy atom. The maximum absolute atomic E-state index is 6.50. The summed E-state index contributed by atoms with van der Waals surface area (Å²) in [5.74, 6) is 3.11. The van der Waals surface area contributed by atoms with Crippen LogP contribution < -0.4 is 15.8 Å². The van der Waals surface area contributed by atoms with Crippen molar-refractivity contribution in [1.82, 2.24) is 5.32 Å². The van der Waals surface area contributed by atoms with E-state index in [1.165, 1.54) is 5.56 Å². The van der Waals surface area contributed by atoms with Gasteiger partial charge in [0.15, 0.2) is 0 Å². The molecule has 2 aromatic rings. The zero-order valence-electron chi connectivity index (χ0n) is 13.3. The van der Waals surface area contributed by atoms with Gasteiger partial charge in [0.25, 0.3) is 0 Å². The SMILES string of the molecule is CCC(C1=NCCN1)c1ccc2c(c1)C(N)c1ccccc1O2. The molecule has 0 amide bonds. The van der Waals surface area contributed by atoms with Crippen LogP contribution in [0.2, 0.25) is 0 Å². The first-order valence-electron chi connectivity index (χ1n) is 8.22. The van der Waals surface area contributed by atoms with Crippen molar-refractivity contribution in [3.63, 3.8) is 0 Å². The molecule has 2 heterocycles. The average Bonchev–Trinajstić information content (AvgIpc) is 3.10. The summed E-state index contributed by atoms with van der Waals surface area (Å²) in [5, 5.41) is 3.40. The second-order valence-corrected chi connectivity index (χ2v) is 6.07. The Labute approximate surface area is 136 Å². The quantitative estimate of drug-likeness (QED) is 0.914. The first-order valence-corrected chi connectivity index (χ1v) is 8.22. The summed E-state index contributed by atoms with van der Waals surface area (Å²) in [4.78, 5) is 4.59. The number of rotatable bonds is 3. The van der Waals surface area contributed by atoms with Gasteiger partial charge in [0.2, 0.25) is 0 Å². The summed E-state index contributed by atoms with van der Waals surface area (Å²) in [6, 6.07) is 14.2. The van der Waals surface area contributed by atoms with Crippen LogP contribution in [0.5, 0.6) is 11.5 Å². The van der Waals surface area contributed by atoms with Crippen molar-refractivity contribution in [3.05, 3.63) is 59.2 Å². The van der Waals surface area contributed by atoms with Crippen molar-refractivity contribution >= 4 is 5.84 Å². The molecule has 0 bridgehead atoms. The van der Waals surface area contributed by atoms with Gasteiger partial charge in [-0.3, -0.25) is 4.99 Å². The highest BCUT2D eigenvalue weighted by atomic mass is 16.5. The van der Waals surface area contributed by atoms with Crippen molar-refractivity contribution in [2.45, 2.75) is 25.3 Å². The molecule has 0 radical (unpaired) electrons. The monoisotopic (exact) mass is 307 g/mol. The molecule has 2 aliphatic rings. The van der Waals surface area contributed by atoms with Gasteiger partial charge in [0, 0.05) is 23.6 Å². The average molecular weight is 307 g/mol. The Hall–Kier alpha value is -2.33. The summed E-state index contributed by atoms with van der Waals surface area (Å²) in [5.41, 5.74) is 9.84. The summed E-state index contributed by atoms with van der Waals surface area (Å²) < 4.78 is 6.02. The molecule has 2 unspecified atom stereocenters. The third kappa shape index (κ3) is 2.39. The minimum absolute atomic E-state index is 0.147. The van der Waals surface area contributed by atoms with E-state index in [0.717, 1.165) is 48.0 Å². The number of fused-ring (bicyclic) bond motifs is 2. The van der Waals surface area contributed by atoms with Gasteiger partial charge in [-0.25, -0.2) is 0 Å². The molecular weight excluding hydrogens is 286 g/mol. The predicted octanol–water partition coefficient (Wildman–Crippen LogP) is 3.34. The van der Waals surface area contributed by atoms with E-state index >= 15 is 0 Å². The number of ether oxygens (including phenoxy) is 1. The van der Waals surface area contributed by atoms with Crippen LogP contribution in [0.25, 0.3) is 0 Å². The number of nitrogens with one attached hydrogen (secondary N) is 1. The van der Waals surface area contributed by atoms with Crippen LogP contribution in [0.15, 0.2) is 47.5 Å².